The highest BCUT2D eigenvalue weighted by molar-refractivity contribution is 5.91. The third-order valence-corrected chi connectivity index (χ3v) is 5.33. The number of methoxy groups -OCH3 is 1. The standard InChI is InChI=1S/C30H45NO8/c1-29(2,3)38-26(34)14-10-8-9-12-24(32)19-21-16-22(18-23(17-21)27(35)37-7)20-25(33)13-11-15-31-28(36)39-30(4,5)6/h16-18H,8-15,19-20H2,1-7H3,(H,31,36). The van der Waals surface area contributed by atoms with Gasteiger partial charge in [-0.3, -0.25) is 14.4 Å². The van der Waals surface area contributed by atoms with Gasteiger partial charge in [0.05, 0.1) is 12.7 Å². The number of carbonyl (C=O) groups excluding carboxylic acids is 5. The number of hydrogen-bond acceptors (Lipinski definition) is 8. The van der Waals surface area contributed by atoms with Crippen LogP contribution in [0.3, 0.4) is 0 Å². The molecule has 0 aliphatic rings. The van der Waals surface area contributed by atoms with Crippen LogP contribution in [-0.4, -0.2) is 54.5 Å². The van der Waals surface area contributed by atoms with Gasteiger partial charge in [0.1, 0.15) is 22.8 Å². The van der Waals surface area contributed by atoms with E-state index in [0.717, 1.165) is 6.42 Å². The highest BCUT2D eigenvalue weighted by atomic mass is 16.6. The fraction of sp³-hybridized carbons (Fsp3) is 0.633. The Morgan fingerprint density at radius 1 is 0.692 bits per heavy atom. The number of amides is 1. The molecule has 9 heteroatoms. The summed E-state index contributed by atoms with van der Waals surface area (Å²) in [5.41, 5.74) is 0.461. The zero-order chi connectivity index (χ0) is 29.6. The Balaban J connectivity index is 2.59. The van der Waals surface area contributed by atoms with Gasteiger partial charge >= 0.3 is 18.0 Å². The number of alkyl carbamates (subject to hydrolysis) is 1. The first-order valence-electron chi connectivity index (χ1n) is 13.5. The molecule has 9 nitrogen and oxygen atoms in total. The van der Waals surface area contributed by atoms with Crippen molar-refractivity contribution < 1.29 is 38.2 Å². The molecular weight excluding hydrogens is 502 g/mol. The van der Waals surface area contributed by atoms with Gasteiger partial charge < -0.3 is 19.5 Å². The van der Waals surface area contributed by atoms with Crippen LogP contribution < -0.4 is 5.32 Å². The van der Waals surface area contributed by atoms with Gasteiger partial charge in [0, 0.05) is 38.6 Å². The van der Waals surface area contributed by atoms with Crippen molar-refractivity contribution in [3.8, 4) is 0 Å². The van der Waals surface area contributed by atoms with Gasteiger partial charge in [-0.2, -0.15) is 0 Å². The number of hydrogen-bond donors (Lipinski definition) is 1. The van der Waals surface area contributed by atoms with Crippen LogP contribution >= 0.6 is 0 Å². The van der Waals surface area contributed by atoms with Crippen molar-refractivity contribution in [2.24, 2.45) is 0 Å². The van der Waals surface area contributed by atoms with Crippen molar-refractivity contribution >= 4 is 29.6 Å². The molecule has 0 radical (unpaired) electrons. The molecule has 1 N–H and O–H groups in total. The quantitative estimate of drug-likeness (QED) is 0.178. The third-order valence-electron chi connectivity index (χ3n) is 5.33. The lowest BCUT2D eigenvalue weighted by atomic mass is 9.96. The van der Waals surface area contributed by atoms with Crippen molar-refractivity contribution in [3.63, 3.8) is 0 Å². The van der Waals surface area contributed by atoms with E-state index in [1.54, 1.807) is 39.0 Å². The number of nitrogens with one attached hydrogen (secondary N) is 1. The van der Waals surface area contributed by atoms with Crippen LogP contribution in [-0.2, 0) is 41.4 Å². The van der Waals surface area contributed by atoms with Crippen LogP contribution in [0.25, 0.3) is 0 Å². The van der Waals surface area contributed by atoms with Gasteiger partial charge in [0.15, 0.2) is 0 Å². The molecule has 1 amide bonds. The minimum absolute atomic E-state index is 0.0137. The summed E-state index contributed by atoms with van der Waals surface area (Å²) in [6.07, 6.45) is 3.12. The van der Waals surface area contributed by atoms with Crippen LogP contribution in [0.2, 0.25) is 0 Å². The minimum Gasteiger partial charge on any atom is -0.465 e. The number of esters is 2. The first-order chi connectivity index (χ1) is 18.1. The molecule has 1 rings (SSSR count). The van der Waals surface area contributed by atoms with Crippen LogP contribution in [0, 0.1) is 0 Å². The smallest absolute Gasteiger partial charge is 0.407 e. The summed E-state index contributed by atoms with van der Waals surface area (Å²) in [4.78, 5) is 60.8. The summed E-state index contributed by atoms with van der Waals surface area (Å²) in [6.45, 7) is 11.1. The molecule has 0 saturated carbocycles. The van der Waals surface area contributed by atoms with Crippen LogP contribution in [0.5, 0.6) is 0 Å². The van der Waals surface area contributed by atoms with E-state index in [4.69, 9.17) is 14.2 Å². The molecule has 1 aromatic rings. The van der Waals surface area contributed by atoms with Crippen molar-refractivity contribution in [2.75, 3.05) is 13.7 Å². The van der Waals surface area contributed by atoms with E-state index in [0.29, 0.717) is 49.8 Å². The first-order valence-corrected chi connectivity index (χ1v) is 13.5. The molecule has 0 aromatic heterocycles. The number of ether oxygens (including phenoxy) is 3. The lowest BCUT2D eigenvalue weighted by molar-refractivity contribution is -0.154. The van der Waals surface area contributed by atoms with Gasteiger partial charge in [-0.25, -0.2) is 9.59 Å². The number of benzene rings is 1. The molecule has 0 spiro atoms. The van der Waals surface area contributed by atoms with Crippen molar-refractivity contribution in [1.82, 2.24) is 5.32 Å². The second-order valence-electron chi connectivity index (χ2n) is 11.6. The van der Waals surface area contributed by atoms with E-state index in [1.807, 2.05) is 20.8 Å². The average Bonchev–Trinajstić information content (AvgIpc) is 2.78. The largest absolute Gasteiger partial charge is 0.465 e. The molecule has 218 valence electrons. The molecule has 0 unspecified atom stereocenters. The Labute approximate surface area is 232 Å². The summed E-state index contributed by atoms with van der Waals surface area (Å²) in [7, 11) is 1.28. The molecule has 0 aliphatic carbocycles. The highest BCUT2D eigenvalue weighted by Crippen LogP contribution is 2.17. The second-order valence-corrected chi connectivity index (χ2v) is 11.6. The number of carbonyl (C=O) groups is 5. The van der Waals surface area contributed by atoms with Gasteiger partial charge in [0.2, 0.25) is 0 Å². The van der Waals surface area contributed by atoms with Gasteiger partial charge in [0.25, 0.3) is 0 Å². The lowest BCUT2D eigenvalue weighted by Gasteiger charge is -2.19. The van der Waals surface area contributed by atoms with E-state index in [9.17, 15) is 24.0 Å². The molecule has 0 saturated heterocycles. The Bertz CT molecular complexity index is 1000. The molecule has 0 heterocycles. The summed E-state index contributed by atoms with van der Waals surface area (Å²) in [5.74, 6) is -0.818. The monoisotopic (exact) mass is 547 g/mol. The van der Waals surface area contributed by atoms with Gasteiger partial charge in [-0.15, -0.1) is 0 Å². The molecule has 0 aliphatic heterocycles. The molecule has 0 bridgehead atoms. The summed E-state index contributed by atoms with van der Waals surface area (Å²) in [6, 6.07) is 4.99. The van der Waals surface area contributed by atoms with Crippen LogP contribution in [0.1, 0.15) is 108 Å². The van der Waals surface area contributed by atoms with Crippen LogP contribution in [0.4, 0.5) is 4.79 Å². The van der Waals surface area contributed by atoms with E-state index in [-0.39, 0.29) is 42.4 Å². The Hall–Kier alpha value is -3.23. The fourth-order valence-corrected chi connectivity index (χ4v) is 3.79. The summed E-state index contributed by atoms with van der Waals surface area (Å²) < 4.78 is 15.3. The predicted octanol–water partition coefficient (Wildman–Crippen LogP) is 5.29. The molecule has 0 atom stereocenters. The maximum atomic E-state index is 12.6. The van der Waals surface area contributed by atoms with Crippen molar-refractivity contribution in [2.45, 2.75) is 111 Å². The van der Waals surface area contributed by atoms with Crippen molar-refractivity contribution in [3.05, 3.63) is 34.9 Å². The Morgan fingerprint density at radius 2 is 1.21 bits per heavy atom. The molecule has 1 aromatic carbocycles. The molecule has 0 fully saturated rings. The SMILES string of the molecule is COC(=O)c1cc(CC(=O)CCCCCC(=O)OC(C)(C)C)cc(CC(=O)CCCNC(=O)OC(C)(C)C)c1. The maximum Gasteiger partial charge on any atom is 0.407 e. The fourth-order valence-electron chi connectivity index (χ4n) is 3.79. The topological polar surface area (TPSA) is 125 Å². The minimum atomic E-state index is -0.592. The van der Waals surface area contributed by atoms with E-state index in [1.165, 1.54) is 7.11 Å². The third kappa shape index (κ3) is 16.4. The van der Waals surface area contributed by atoms with Crippen molar-refractivity contribution in [1.29, 1.82) is 0 Å². The van der Waals surface area contributed by atoms with Gasteiger partial charge in [-0.05, 0) is 84.1 Å². The first kappa shape index (κ1) is 33.8. The average molecular weight is 548 g/mol. The van der Waals surface area contributed by atoms with Crippen LogP contribution in [0.15, 0.2) is 18.2 Å². The predicted molar refractivity (Wildman–Crippen MR) is 148 cm³/mol. The lowest BCUT2D eigenvalue weighted by Crippen LogP contribution is -2.33. The Morgan fingerprint density at radius 3 is 1.72 bits per heavy atom. The number of rotatable bonds is 15. The number of ketones is 2. The molecular formula is C30H45NO8. The number of Topliss-reactive ketones (excluding diaryl/α,β-unsaturated/α-hetero) is 2. The second kappa shape index (κ2) is 16.0. The van der Waals surface area contributed by atoms with E-state index in [2.05, 4.69) is 5.32 Å². The zero-order valence-electron chi connectivity index (χ0n) is 24.6. The number of unbranched alkanes of at least 4 members (excludes halogenated alkanes) is 2. The van der Waals surface area contributed by atoms with Gasteiger partial charge in [-0.1, -0.05) is 12.5 Å². The zero-order valence-corrected chi connectivity index (χ0v) is 24.6. The summed E-state index contributed by atoms with van der Waals surface area (Å²) in [5, 5.41) is 2.62. The van der Waals surface area contributed by atoms with E-state index >= 15 is 0 Å². The molecule has 39 heavy (non-hydrogen) atoms. The van der Waals surface area contributed by atoms with E-state index < -0.39 is 23.3 Å². The maximum absolute atomic E-state index is 12.6. The highest BCUT2D eigenvalue weighted by Gasteiger charge is 2.17. The Kier molecular flexibility index (Phi) is 13.9. The summed E-state index contributed by atoms with van der Waals surface area (Å²) >= 11 is 0. The normalized spacial score (nSPS) is 11.5.